The topological polar surface area (TPSA) is 91.4 Å². The second kappa shape index (κ2) is 11.1. The molecule has 2 aliphatic rings. The Kier molecular flexibility index (Phi) is 7.24. The number of fused-ring (bicyclic) bond motifs is 1. The number of benzene rings is 3. The molecule has 2 fully saturated rings. The van der Waals surface area contributed by atoms with Crippen LogP contribution in [0.15, 0.2) is 72.9 Å². The van der Waals surface area contributed by atoms with E-state index in [2.05, 4.69) is 17.7 Å². The van der Waals surface area contributed by atoms with Gasteiger partial charge in [-0.3, -0.25) is 4.68 Å². The van der Waals surface area contributed by atoms with Gasteiger partial charge >= 0.3 is 0 Å². The fraction of sp³-hybridized carbons (Fsp3) is 0.353. The largest absolute Gasteiger partial charge is 0.487 e. The summed E-state index contributed by atoms with van der Waals surface area (Å²) in [5.74, 6) is 1.95. The van der Waals surface area contributed by atoms with Crippen LogP contribution in [0.4, 0.5) is 0 Å². The zero-order valence-electron chi connectivity index (χ0n) is 24.8. The lowest BCUT2D eigenvalue weighted by Gasteiger charge is -2.18. The summed E-state index contributed by atoms with van der Waals surface area (Å²) in [5, 5.41) is 17.5. The van der Waals surface area contributed by atoms with Gasteiger partial charge in [-0.05, 0) is 49.9 Å². The van der Waals surface area contributed by atoms with Gasteiger partial charge in [0.1, 0.15) is 24.8 Å². The lowest BCUT2D eigenvalue weighted by Crippen LogP contribution is -2.18. The first-order chi connectivity index (χ1) is 20.8. The molecule has 0 radical (unpaired) electrons. The van der Waals surface area contributed by atoms with Crippen LogP contribution in [0.5, 0.6) is 5.75 Å². The molecule has 1 saturated carbocycles. The number of hydrogen-bond donors (Lipinski definition) is 1. The molecule has 7 rings (SSSR count). The highest BCUT2D eigenvalue weighted by atomic mass is 31.2. The molecule has 3 aromatic carbocycles. The highest BCUT2D eigenvalue weighted by molar-refractivity contribution is 7.70. The molecule has 0 amide bonds. The van der Waals surface area contributed by atoms with E-state index in [9.17, 15) is 9.67 Å². The Morgan fingerprint density at radius 1 is 1.05 bits per heavy atom. The zero-order chi connectivity index (χ0) is 29.7. The number of aliphatic hydroxyl groups excluding tert-OH is 1. The van der Waals surface area contributed by atoms with Crippen LogP contribution < -0.4 is 10.0 Å². The number of aromatic nitrogens is 4. The van der Waals surface area contributed by atoms with E-state index in [-0.39, 0.29) is 6.10 Å². The summed E-state index contributed by atoms with van der Waals surface area (Å²) in [6.07, 6.45) is 4.39. The van der Waals surface area contributed by atoms with Gasteiger partial charge in [-0.25, -0.2) is 4.98 Å². The molecule has 43 heavy (non-hydrogen) atoms. The molecule has 1 N–H and O–H groups in total. The molecule has 222 valence electrons. The third kappa shape index (κ3) is 5.55. The lowest BCUT2D eigenvalue weighted by molar-refractivity contribution is 0.142. The van der Waals surface area contributed by atoms with Gasteiger partial charge in [-0.15, -0.1) is 0 Å². The molecular weight excluding hydrogens is 559 g/mol. The highest BCUT2D eigenvalue weighted by Gasteiger charge is 2.33. The van der Waals surface area contributed by atoms with E-state index in [1.54, 1.807) is 13.3 Å². The van der Waals surface area contributed by atoms with Crippen LogP contribution in [-0.4, -0.2) is 57.1 Å². The Balaban J connectivity index is 1.31. The van der Waals surface area contributed by atoms with Crippen molar-refractivity contribution >= 4 is 23.3 Å². The number of ether oxygens (including phenoxy) is 2. The molecule has 2 atom stereocenters. The summed E-state index contributed by atoms with van der Waals surface area (Å²) >= 11 is 0. The van der Waals surface area contributed by atoms with Crippen molar-refractivity contribution in [1.82, 2.24) is 19.3 Å². The van der Waals surface area contributed by atoms with Gasteiger partial charge in [0.25, 0.3) is 0 Å². The number of imidazole rings is 1. The van der Waals surface area contributed by atoms with E-state index in [0.29, 0.717) is 31.4 Å². The predicted molar refractivity (Wildman–Crippen MR) is 170 cm³/mol. The van der Waals surface area contributed by atoms with Crippen molar-refractivity contribution in [2.45, 2.75) is 43.9 Å². The second-order valence-corrected chi connectivity index (χ2v) is 15.4. The van der Waals surface area contributed by atoms with E-state index >= 15 is 0 Å². The number of rotatable bonds is 9. The van der Waals surface area contributed by atoms with Crippen molar-refractivity contribution in [2.75, 3.05) is 26.5 Å². The van der Waals surface area contributed by atoms with Crippen molar-refractivity contribution in [3.63, 3.8) is 0 Å². The van der Waals surface area contributed by atoms with Crippen LogP contribution in [-0.2, 0) is 22.9 Å². The Hall–Kier alpha value is -3.71. The predicted octanol–water partition coefficient (Wildman–Crippen LogP) is 6.13. The van der Waals surface area contributed by atoms with Crippen molar-refractivity contribution in [1.29, 1.82) is 0 Å². The lowest BCUT2D eigenvalue weighted by atomic mass is 10.0. The minimum atomic E-state index is -2.49. The van der Waals surface area contributed by atoms with Crippen molar-refractivity contribution in [3.05, 3.63) is 84.2 Å². The third-order valence-corrected chi connectivity index (χ3v) is 10.0. The van der Waals surface area contributed by atoms with Crippen LogP contribution in [0.1, 0.15) is 42.5 Å². The maximum Gasteiger partial charge on any atom is 0.144 e. The monoisotopic (exact) mass is 596 g/mol. The van der Waals surface area contributed by atoms with E-state index < -0.39 is 13.2 Å². The average Bonchev–Trinajstić information content (AvgIpc) is 3.36. The van der Waals surface area contributed by atoms with E-state index in [1.807, 2.05) is 71.5 Å². The highest BCUT2D eigenvalue weighted by Crippen LogP contribution is 2.48. The van der Waals surface area contributed by atoms with E-state index in [0.717, 1.165) is 63.7 Å². The molecule has 3 heterocycles. The second-order valence-electron chi connectivity index (χ2n) is 12.2. The van der Waals surface area contributed by atoms with Crippen LogP contribution in [0.25, 0.3) is 33.5 Å². The van der Waals surface area contributed by atoms with Gasteiger partial charge in [-0.1, -0.05) is 48.5 Å². The van der Waals surface area contributed by atoms with Crippen molar-refractivity contribution in [2.24, 2.45) is 7.05 Å². The molecule has 9 heteroatoms. The summed E-state index contributed by atoms with van der Waals surface area (Å²) in [6.45, 7) is 5.15. The minimum absolute atomic E-state index is 0.0458. The van der Waals surface area contributed by atoms with Crippen LogP contribution in [0, 0.1) is 0 Å². The van der Waals surface area contributed by atoms with E-state index in [1.165, 1.54) is 5.69 Å². The van der Waals surface area contributed by atoms with Gasteiger partial charge in [0, 0.05) is 47.5 Å². The fourth-order valence-corrected chi connectivity index (χ4v) is 6.90. The molecule has 5 aromatic rings. The number of hydrogen-bond acceptors (Lipinski definition) is 6. The Labute approximate surface area is 251 Å². The normalized spacial score (nSPS) is 17.9. The van der Waals surface area contributed by atoms with Gasteiger partial charge in [0.05, 0.1) is 42.6 Å². The van der Waals surface area contributed by atoms with Gasteiger partial charge < -0.3 is 23.7 Å². The molecular formula is C34H37N4O4P. The molecule has 1 aliphatic carbocycles. The summed E-state index contributed by atoms with van der Waals surface area (Å²) in [6, 6.07) is 21.7. The number of aliphatic hydroxyl groups is 1. The maximum absolute atomic E-state index is 13.0. The first-order valence-corrected chi connectivity index (χ1v) is 17.6. The maximum atomic E-state index is 13.0. The molecule has 1 saturated heterocycles. The molecule has 2 aromatic heterocycles. The summed E-state index contributed by atoms with van der Waals surface area (Å²) in [7, 11) is -0.408. The summed E-state index contributed by atoms with van der Waals surface area (Å²) < 4.78 is 29.1. The van der Waals surface area contributed by atoms with Crippen molar-refractivity contribution < 1.29 is 19.1 Å². The molecule has 8 nitrogen and oxygen atoms in total. The van der Waals surface area contributed by atoms with Crippen LogP contribution in [0.3, 0.4) is 0 Å². The number of nitrogens with zero attached hydrogens (tertiary/aromatic N) is 4. The SMILES string of the molecule is Cn1c(-c2ccc(P(C)(C)=O)cc2OC2CCOC2)nc(-c2cccc3nn(CC(O)c4ccccc4)cc23)c1C1CC1. The zero-order valence-corrected chi connectivity index (χ0v) is 25.7. The Morgan fingerprint density at radius 3 is 2.58 bits per heavy atom. The Morgan fingerprint density at radius 2 is 1.86 bits per heavy atom. The third-order valence-electron chi connectivity index (χ3n) is 8.51. The molecule has 1 aliphatic heterocycles. The van der Waals surface area contributed by atoms with Gasteiger partial charge in [0.2, 0.25) is 0 Å². The minimum Gasteiger partial charge on any atom is -0.487 e. The molecule has 0 spiro atoms. The van der Waals surface area contributed by atoms with E-state index in [4.69, 9.17) is 19.6 Å². The first kappa shape index (κ1) is 28.1. The standard InChI is InChI=1S/C34H37N4O4P/c1-37-33(23-12-13-23)32(26-10-7-11-29-28(26)19-38(36-29)20-30(39)22-8-5-4-6-9-22)35-34(37)27-15-14-25(43(2,3)40)18-31(27)42-24-16-17-41-21-24/h4-11,14-15,18-19,23-24,30,39H,12-13,16-17,20-21H2,1-3H3. The molecule has 0 bridgehead atoms. The summed E-state index contributed by atoms with van der Waals surface area (Å²) in [5.41, 5.74) is 5.79. The molecule has 2 unspecified atom stereocenters. The van der Waals surface area contributed by atoms with Crippen LogP contribution >= 0.6 is 7.14 Å². The smallest absolute Gasteiger partial charge is 0.144 e. The van der Waals surface area contributed by atoms with Gasteiger partial charge in [0.15, 0.2) is 0 Å². The first-order valence-electron chi connectivity index (χ1n) is 15.0. The van der Waals surface area contributed by atoms with Gasteiger partial charge in [-0.2, -0.15) is 5.10 Å². The fourth-order valence-electron chi connectivity index (χ4n) is 6.04. The average molecular weight is 597 g/mol. The quantitative estimate of drug-likeness (QED) is 0.206. The van der Waals surface area contributed by atoms with Crippen molar-refractivity contribution in [3.8, 4) is 28.4 Å². The van der Waals surface area contributed by atoms with Crippen LogP contribution in [0.2, 0.25) is 0 Å². The Bertz CT molecular complexity index is 1830. The summed E-state index contributed by atoms with van der Waals surface area (Å²) in [4.78, 5) is 5.30.